The van der Waals surface area contributed by atoms with Gasteiger partial charge in [0.15, 0.2) is 0 Å². The second kappa shape index (κ2) is 7.99. The minimum Gasteiger partial charge on any atom is -0.315 e. The van der Waals surface area contributed by atoms with E-state index in [0.717, 1.165) is 17.1 Å². The molecule has 0 aromatic carbocycles. The molecule has 1 aromatic heterocycles. The molecule has 0 fully saturated rings. The van der Waals surface area contributed by atoms with Gasteiger partial charge in [-0.2, -0.15) is 11.8 Å². The van der Waals surface area contributed by atoms with E-state index in [2.05, 4.69) is 26.0 Å². The van der Waals surface area contributed by atoms with Crippen LogP contribution in [-0.4, -0.2) is 33.5 Å². The van der Waals surface area contributed by atoms with Crippen molar-refractivity contribution in [3.8, 4) is 0 Å². The van der Waals surface area contributed by atoms with Crippen molar-refractivity contribution >= 4 is 49.1 Å². The summed E-state index contributed by atoms with van der Waals surface area (Å²) in [5.74, 6) is 0.779. The van der Waals surface area contributed by atoms with Gasteiger partial charge in [0.05, 0.1) is 3.79 Å². The van der Waals surface area contributed by atoms with Crippen molar-refractivity contribution in [3.63, 3.8) is 0 Å². The molecule has 0 aliphatic heterocycles. The number of halogens is 1. The van der Waals surface area contributed by atoms with Crippen LogP contribution in [0.1, 0.15) is 18.2 Å². The number of hydrogen-bond acceptors (Lipinski definition) is 5. The quantitative estimate of drug-likeness (QED) is 0.720. The van der Waals surface area contributed by atoms with Gasteiger partial charge in [0, 0.05) is 23.2 Å². The standard InChI is InChI=1S/C11H19BrN2O2S3/c1-4-8(7-17-3)14-19(15,16)10-5-9(6-13-2)18-11(10)12/h5,8,13-14H,4,6-7H2,1-3H3. The van der Waals surface area contributed by atoms with Gasteiger partial charge in [0.2, 0.25) is 10.0 Å². The Labute approximate surface area is 131 Å². The van der Waals surface area contributed by atoms with Crippen LogP contribution in [0.2, 0.25) is 0 Å². The Hall–Kier alpha value is 0.400. The molecule has 0 bridgehead atoms. The van der Waals surface area contributed by atoms with E-state index in [-0.39, 0.29) is 6.04 Å². The van der Waals surface area contributed by atoms with Crippen LogP contribution >= 0.6 is 39.0 Å². The van der Waals surface area contributed by atoms with Crippen LogP contribution in [-0.2, 0) is 16.6 Å². The third kappa shape index (κ3) is 5.02. The van der Waals surface area contributed by atoms with Crippen molar-refractivity contribution in [2.24, 2.45) is 0 Å². The highest BCUT2D eigenvalue weighted by molar-refractivity contribution is 9.11. The molecule has 1 aromatic rings. The molecule has 1 atom stereocenters. The summed E-state index contributed by atoms with van der Waals surface area (Å²) >= 11 is 6.43. The fourth-order valence-electron chi connectivity index (χ4n) is 1.56. The van der Waals surface area contributed by atoms with Gasteiger partial charge < -0.3 is 5.32 Å². The fourth-order valence-corrected chi connectivity index (χ4v) is 6.40. The van der Waals surface area contributed by atoms with E-state index in [1.807, 2.05) is 20.2 Å². The van der Waals surface area contributed by atoms with Gasteiger partial charge in [0.25, 0.3) is 0 Å². The first kappa shape index (κ1) is 17.5. The van der Waals surface area contributed by atoms with E-state index in [1.54, 1.807) is 17.8 Å². The largest absolute Gasteiger partial charge is 0.315 e. The zero-order chi connectivity index (χ0) is 14.5. The summed E-state index contributed by atoms with van der Waals surface area (Å²) in [5, 5.41) is 3.02. The van der Waals surface area contributed by atoms with Crippen LogP contribution in [0.4, 0.5) is 0 Å². The van der Waals surface area contributed by atoms with Crippen molar-refractivity contribution in [3.05, 3.63) is 14.7 Å². The topological polar surface area (TPSA) is 58.2 Å². The number of hydrogen-bond donors (Lipinski definition) is 2. The van der Waals surface area contributed by atoms with Crippen LogP contribution in [0, 0.1) is 0 Å². The Kier molecular flexibility index (Phi) is 7.34. The van der Waals surface area contributed by atoms with E-state index < -0.39 is 10.0 Å². The lowest BCUT2D eigenvalue weighted by Gasteiger charge is -2.15. The number of nitrogens with one attached hydrogen (secondary N) is 2. The summed E-state index contributed by atoms with van der Waals surface area (Å²) in [5.41, 5.74) is 0. The highest BCUT2D eigenvalue weighted by atomic mass is 79.9. The summed E-state index contributed by atoms with van der Waals surface area (Å²) in [6.07, 6.45) is 2.76. The molecule has 0 amide bonds. The maximum absolute atomic E-state index is 12.4. The maximum Gasteiger partial charge on any atom is 0.242 e. The average Bonchev–Trinajstić information content (AvgIpc) is 2.71. The van der Waals surface area contributed by atoms with Crippen molar-refractivity contribution in [2.75, 3.05) is 19.1 Å². The fraction of sp³-hybridized carbons (Fsp3) is 0.636. The molecule has 2 N–H and O–H groups in total. The van der Waals surface area contributed by atoms with E-state index in [0.29, 0.717) is 15.2 Å². The molecule has 1 rings (SSSR count). The molecule has 0 saturated carbocycles. The molecule has 0 aliphatic rings. The lowest BCUT2D eigenvalue weighted by molar-refractivity contribution is 0.558. The molecule has 0 aliphatic carbocycles. The van der Waals surface area contributed by atoms with Crippen LogP contribution in [0.3, 0.4) is 0 Å². The van der Waals surface area contributed by atoms with Crippen molar-refractivity contribution in [1.29, 1.82) is 0 Å². The second-order valence-electron chi connectivity index (χ2n) is 4.06. The minimum atomic E-state index is -3.45. The Morgan fingerprint density at radius 2 is 2.21 bits per heavy atom. The molecule has 0 radical (unpaired) electrons. The monoisotopic (exact) mass is 386 g/mol. The molecular weight excluding hydrogens is 368 g/mol. The van der Waals surface area contributed by atoms with Gasteiger partial charge in [-0.3, -0.25) is 0 Å². The lowest BCUT2D eigenvalue weighted by atomic mass is 10.3. The normalized spacial score (nSPS) is 13.7. The van der Waals surface area contributed by atoms with Crippen LogP contribution < -0.4 is 10.0 Å². The first-order chi connectivity index (χ1) is 8.94. The predicted octanol–water partition coefficient (Wildman–Crippen LogP) is 2.65. The lowest BCUT2D eigenvalue weighted by Crippen LogP contribution is -2.36. The molecule has 8 heteroatoms. The number of thiophene rings is 1. The van der Waals surface area contributed by atoms with E-state index in [9.17, 15) is 8.42 Å². The zero-order valence-corrected chi connectivity index (χ0v) is 15.2. The van der Waals surface area contributed by atoms with Crippen molar-refractivity contribution in [1.82, 2.24) is 10.0 Å². The highest BCUT2D eigenvalue weighted by Crippen LogP contribution is 2.31. The zero-order valence-electron chi connectivity index (χ0n) is 11.2. The summed E-state index contributed by atoms with van der Waals surface area (Å²) < 4.78 is 28.1. The minimum absolute atomic E-state index is 0.0282. The van der Waals surface area contributed by atoms with Crippen molar-refractivity contribution < 1.29 is 8.42 Å². The Morgan fingerprint density at radius 1 is 1.53 bits per heavy atom. The first-order valence-electron chi connectivity index (χ1n) is 5.88. The van der Waals surface area contributed by atoms with Gasteiger partial charge in [-0.05, 0) is 41.7 Å². The van der Waals surface area contributed by atoms with Crippen LogP contribution in [0.15, 0.2) is 14.7 Å². The van der Waals surface area contributed by atoms with Crippen LogP contribution in [0.5, 0.6) is 0 Å². The number of sulfonamides is 1. The second-order valence-corrected chi connectivity index (χ2v) is 9.11. The third-order valence-electron chi connectivity index (χ3n) is 2.53. The number of thioether (sulfide) groups is 1. The molecule has 0 saturated heterocycles. The van der Waals surface area contributed by atoms with Gasteiger partial charge in [0.1, 0.15) is 4.90 Å². The Balaban J connectivity index is 2.93. The number of rotatable bonds is 8. The molecular formula is C11H19BrN2O2S3. The van der Waals surface area contributed by atoms with Gasteiger partial charge in [-0.15, -0.1) is 11.3 Å². The summed E-state index contributed by atoms with van der Waals surface area (Å²) in [7, 11) is -1.61. The third-order valence-corrected chi connectivity index (χ3v) is 7.04. The first-order valence-corrected chi connectivity index (χ1v) is 10.4. The van der Waals surface area contributed by atoms with Gasteiger partial charge in [-0.25, -0.2) is 13.1 Å². The van der Waals surface area contributed by atoms with E-state index >= 15 is 0 Å². The summed E-state index contributed by atoms with van der Waals surface area (Å²) in [6, 6.07) is 1.69. The molecule has 1 heterocycles. The van der Waals surface area contributed by atoms with Crippen LogP contribution in [0.25, 0.3) is 0 Å². The molecule has 1 unspecified atom stereocenters. The smallest absolute Gasteiger partial charge is 0.242 e. The average molecular weight is 387 g/mol. The summed E-state index contributed by atoms with van der Waals surface area (Å²) in [4.78, 5) is 1.33. The molecule has 19 heavy (non-hydrogen) atoms. The highest BCUT2D eigenvalue weighted by Gasteiger charge is 2.23. The van der Waals surface area contributed by atoms with Gasteiger partial charge in [-0.1, -0.05) is 6.92 Å². The Morgan fingerprint density at radius 3 is 2.74 bits per heavy atom. The van der Waals surface area contributed by atoms with Crippen molar-refractivity contribution in [2.45, 2.75) is 30.8 Å². The summed E-state index contributed by atoms with van der Waals surface area (Å²) in [6.45, 7) is 2.65. The molecule has 0 spiro atoms. The Bertz CT molecular complexity index is 502. The van der Waals surface area contributed by atoms with E-state index in [4.69, 9.17) is 0 Å². The van der Waals surface area contributed by atoms with E-state index in [1.165, 1.54) is 11.3 Å². The maximum atomic E-state index is 12.4. The molecule has 110 valence electrons. The van der Waals surface area contributed by atoms with Gasteiger partial charge >= 0.3 is 0 Å². The predicted molar refractivity (Wildman–Crippen MR) is 87.6 cm³/mol. The SMILES string of the molecule is CCC(CSC)NS(=O)(=O)c1cc(CNC)sc1Br. The molecule has 4 nitrogen and oxygen atoms in total.